The summed E-state index contributed by atoms with van der Waals surface area (Å²) in [5.41, 5.74) is 1.01. The number of thiophene rings is 1. The quantitative estimate of drug-likeness (QED) is 0.708. The molecule has 2 aliphatic rings. The molecule has 1 N–H and O–H groups in total. The first kappa shape index (κ1) is 19.8. The van der Waals surface area contributed by atoms with Gasteiger partial charge in [0.25, 0.3) is 5.91 Å². The second-order valence-corrected chi connectivity index (χ2v) is 8.14. The number of hydrogen-bond acceptors (Lipinski definition) is 6. The SMILES string of the molecule is O=C(C1=C(O)C(=O)N(CCCN2CCOCC2)C1c1ccccc1)c1cccs1. The Labute approximate surface area is 174 Å². The second-order valence-electron chi connectivity index (χ2n) is 7.19. The molecule has 1 fully saturated rings. The molecule has 152 valence electrons. The maximum atomic E-state index is 13.1. The Morgan fingerprint density at radius 1 is 1.10 bits per heavy atom. The van der Waals surface area contributed by atoms with Crippen molar-refractivity contribution in [2.75, 3.05) is 39.4 Å². The summed E-state index contributed by atoms with van der Waals surface area (Å²) >= 11 is 1.31. The first-order valence-corrected chi connectivity index (χ1v) is 10.7. The molecule has 7 heteroatoms. The fraction of sp³-hybridized carbons (Fsp3) is 0.364. The van der Waals surface area contributed by atoms with Crippen molar-refractivity contribution in [3.63, 3.8) is 0 Å². The Hall–Kier alpha value is -2.48. The van der Waals surface area contributed by atoms with Gasteiger partial charge in [-0.3, -0.25) is 14.5 Å². The van der Waals surface area contributed by atoms with Gasteiger partial charge in [0.15, 0.2) is 5.76 Å². The number of benzene rings is 1. The van der Waals surface area contributed by atoms with Gasteiger partial charge in [-0.05, 0) is 23.4 Å². The third kappa shape index (κ3) is 4.12. The predicted octanol–water partition coefficient (Wildman–Crippen LogP) is 3.05. The molecule has 0 radical (unpaired) electrons. The number of aliphatic hydroxyl groups is 1. The van der Waals surface area contributed by atoms with Gasteiger partial charge in [0.1, 0.15) is 0 Å². The van der Waals surface area contributed by atoms with Crippen molar-refractivity contribution in [3.8, 4) is 0 Å². The number of nitrogens with zero attached hydrogens (tertiary/aromatic N) is 2. The number of morpholine rings is 1. The minimum absolute atomic E-state index is 0.176. The molecule has 1 atom stereocenters. The number of rotatable bonds is 7. The van der Waals surface area contributed by atoms with Gasteiger partial charge in [-0.25, -0.2) is 0 Å². The van der Waals surface area contributed by atoms with Crippen molar-refractivity contribution in [2.45, 2.75) is 12.5 Å². The van der Waals surface area contributed by atoms with Gasteiger partial charge in [-0.15, -0.1) is 11.3 Å². The van der Waals surface area contributed by atoms with Gasteiger partial charge in [0.2, 0.25) is 5.78 Å². The Morgan fingerprint density at radius 2 is 1.86 bits per heavy atom. The van der Waals surface area contributed by atoms with Crippen LogP contribution in [0.4, 0.5) is 0 Å². The summed E-state index contributed by atoms with van der Waals surface area (Å²) in [6.07, 6.45) is 0.767. The molecule has 0 aliphatic carbocycles. The summed E-state index contributed by atoms with van der Waals surface area (Å²) in [5.74, 6) is -1.18. The van der Waals surface area contributed by atoms with Crippen molar-refractivity contribution >= 4 is 23.0 Å². The van der Waals surface area contributed by atoms with E-state index in [0.717, 1.165) is 44.8 Å². The fourth-order valence-electron chi connectivity index (χ4n) is 3.93. The summed E-state index contributed by atoms with van der Waals surface area (Å²) < 4.78 is 5.38. The zero-order chi connectivity index (χ0) is 20.2. The molecule has 0 spiro atoms. The molecule has 1 saturated heterocycles. The number of aliphatic hydroxyl groups excluding tert-OH is 1. The molecule has 1 amide bonds. The highest BCUT2D eigenvalue weighted by molar-refractivity contribution is 7.12. The number of carbonyl (C=O) groups excluding carboxylic acids is 2. The van der Waals surface area contributed by atoms with Crippen LogP contribution in [0.1, 0.15) is 27.7 Å². The first-order chi connectivity index (χ1) is 14.2. The van der Waals surface area contributed by atoms with Gasteiger partial charge in [-0.1, -0.05) is 36.4 Å². The average Bonchev–Trinajstić information content (AvgIpc) is 3.38. The van der Waals surface area contributed by atoms with Crippen LogP contribution < -0.4 is 0 Å². The summed E-state index contributed by atoms with van der Waals surface area (Å²) in [6.45, 7) is 4.57. The molecule has 29 heavy (non-hydrogen) atoms. The lowest BCUT2D eigenvalue weighted by atomic mass is 9.95. The van der Waals surface area contributed by atoms with E-state index in [0.29, 0.717) is 11.4 Å². The number of carbonyl (C=O) groups is 2. The monoisotopic (exact) mass is 412 g/mol. The van der Waals surface area contributed by atoms with Crippen molar-refractivity contribution < 1.29 is 19.4 Å². The average molecular weight is 413 g/mol. The second kappa shape index (κ2) is 8.90. The van der Waals surface area contributed by atoms with E-state index in [2.05, 4.69) is 4.90 Å². The molecule has 1 unspecified atom stereocenters. The highest BCUT2D eigenvalue weighted by Gasteiger charge is 2.43. The molecular formula is C22H24N2O4S. The van der Waals surface area contributed by atoms with Crippen LogP contribution in [0.5, 0.6) is 0 Å². The van der Waals surface area contributed by atoms with E-state index < -0.39 is 17.7 Å². The van der Waals surface area contributed by atoms with E-state index >= 15 is 0 Å². The Kier molecular flexibility index (Phi) is 6.08. The predicted molar refractivity (Wildman–Crippen MR) is 111 cm³/mol. The van der Waals surface area contributed by atoms with E-state index in [9.17, 15) is 14.7 Å². The van der Waals surface area contributed by atoms with E-state index in [4.69, 9.17) is 4.74 Å². The molecule has 4 rings (SSSR count). The van der Waals surface area contributed by atoms with Gasteiger partial charge >= 0.3 is 0 Å². The van der Waals surface area contributed by atoms with Gasteiger partial charge in [0, 0.05) is 26.2 Å². The van der Waals surface area contributed by atoms with Gasteiger partial charge in [0.05, 0.1) is 29.7 Å². The number of amides is 1. The number of ether oxygens (including phenoxy) is 1. The summed E-state index contributed by atoms with van der Waals surface area (Å²) in [5, 5.41) is 12.4. The molecular weight excluding hydrogens is 388 g/mol. The zero-order valence-corrected chi connectivity index (χ0v) is 16.9. The maximum absolute atomic E-state index is 13.1. The van der Waals surface area contributed by atoms with E-state index in [1.807, 2.05) is 35.7 Å². The van der Waals surface area contributed by atoms with E-state index in [-0.39, 0.29) is 11.4 Å². The fourth-order valence-corrected chi connectivity index (χ4v) is 4.61. The topological polar surface area (TPSA) is 70.1 Å². The van der Waals surface area contributed by atoms with Crippen LogP contribution in [-0.4, -0.2) is 66.0 Å². The summed E-state index contributed by atoms with van der Waals surface area (Å²) in [6, 6.07) is 12.4. The normalized spacial score (nSPS) is 20.5. The maximum Gasteiger partial charge on any atom is 0.290 e. The highest BCUT2D eigenvalue weighted by Crippen LogP contribution is 2.39. The highest BCUT2D eigenvalue weighted by atomic mass is 32.1. The smallest absolute Gasteiger partial charge is 0.290 e. The largest absolute Gasteiger partial charge is 0.503 e. The molecule has 1 aromatic heterocycles. The molecule has 6 nitrogen and oxygen atoms in total. The first-order valence-electron chi connectivity index (χ1n) is 9.84. The Bertz CT molecular complexity index is 889. The van der Waals surface area contributed by atoms with Crippen molar-refractivity contribution in [1.29, 1.82) is 0 Å². The lowest BCUT2D eigenvalue weighted by Gasteiger charge is -2.30. The van der Waals surface area contributed by atoms with Crippen LogP contribution in [0.25, 0.3) is 0 Å². The molecule has 0 saturated carbocycles. The zero-order valence-electron chi connectivity index (χ0n) is 16.1. The number of Topliss-reactive ketones (excluding diaryl/α,β-unsaturated/α-hetero) is 1. The third-order valence-corrected chi connectivity index (χ3v) is 6.25. The number of ketones is 1. The van der Waals surface area contributed by atoms with Crippen LogP contribution in [0.15, 0.2) is 59.2 Å². The lowest BCUT2D eigenvalue weighted by Crippen LogP contribution is -2.39. The van der Waals surface area contributed by atoms with E-state index in [1.54, 1.807) is 17.0 Å². The molecule has 3 heterocycles. The minimum Gasteiger partial charge on any atom is -0.503 e. The lowest BCUT2D eigenvalue weighted by molar-refractivity contribution is -0.129. The van der Waals surface area contributed by atoms with Crippen LogP contribution in [-0.2, 0) is 9.53 Å². The van der Waals surface area contributed by atoms with Crippen molar-refractivity contribution in [1.82, 2.24) is 9.80 Å². The summed E-state index contributed by atoms with van der Waals surface area (Å²) in [4.78, 5) is 30.5. The van der Waals surface area contributed by atoms with Crippen LogP contribution in [0.2, 0.25) is 0 Å². The van der Waals surface area contributed by atoms with Crippen LogP contribution in [0, 0.1) is 0 Å². The third-order valence-electron chi connectivity index (χ3n) is 5.39. The van der Waals surface area contributed by atoms with Crippen molar-refractivity contribution in [3.05, 3.63) is 69.6 Å². The number of hydrogen-bond donors (Lipinski definition) is 1. The summed E-state index contributed by atoms with van der Waals surface area (Å²) in [7, 11) is 0. The molecule has 1 aromatic carbocycles. The Balaban J connectivity index is 1.57. The van der Waals surface area contributed by atoms with Crippen molar-refractivity contribution in [2.24, 2.45) is 0 Å². The molecule has 2 aromatic rings. The van der Waals surface area contributed by atoms with Crippen LogP contribution >= 0.6 is 11.3 Å². The molecule has 0 bridgehead atoms. The molecule has 2 aliphatic heterocycles. The van der Waals surface area contributed by atoms with Gasteiger partial charge in [-0.2, -0.15) is 0 Å². The van der Waals surface area contributed by atoms with Gasteiger partial charge < -0.3 is 14.7 Å². The van der Waals surface area contributed by atoms with E-state index in [1.165, 1.54) is 11.3 Å². The van der Waals surface area contributed by atoms with Crippen LogP contribution in [0.3, 0.4) is 0 Å². The Morgan fingerprint density at radius 3 is 2.55 bits per heavy atom. The standard InChI is InChI=1S/C22H24N2O4S/c25-20(17-8-4-15-29-17)18-19(16-6-2-1-3-7-16)24(22(27)21(18)26)10-5-9-23-11-13-28-14-12-23/h1-4,6-8,15,19,26H,5,9-14H2. The minimum atomic E-state index is -0.567.